The van der Waals surface area contributed by atoms with Crippen molar-refractivity contribution in [3.63, 3.8) is 0 Å². The Labute approximate surface area is 323 Å². The largest absolute Gasteiger partial charge is 0.497 e. The summed E-state index contributed by atoms with van der Waals surface area (Å²) in [6, 6.07) is 12.8. The van der Waals surface area contributed by atoms with E-state index in [1.807, 2.05) is 18.2 Å². The van der Waals surface area contributed by atoms with Gasteiger partial charge in [-0.3, -0.25) is 19.2 Å². The number of hydrogen-bond donors (Lipinski definition) is 1. The van der Waals surface area contributed by atoms with Gasteiger partial charge in [0.25, 0.3) is 11.8 Å². The van der Waals surface area contributed by atoms with Crippen LogP contribution in [0.2, 0.25) is 0 Å². The molecule has 0 radical (unpaired) electrons. The lowest BCUT2D eigenvalue weighted by atomic mass is 9.81. The van der Waals surface area contributed by atoms with Gasteiger partial charge in [0.2, 0.25) is 10.0 Å². The molecular formula is C43H52N6O5S. The Morgan fingerprint density at radius 1 is 0.891 bits per heavy atom. The molecule has 2 aromatic heterocycles. The lowest BCUT2D eigenvalue weighted by molar-refractivity contribution is 0.0523. The number of piperazine rings is 1. The fourth-order valence-corrected chi connectivity index (χ4v) is 10.4. The van der Waals surface area contributed by atoms with Crippen molar-refractivity contribution in [1.82, 2.24) is 28.9 Å². The molecule has 5 aliphatic rings. The number of ether oxygens (including phenoxy) is 1. The number of fused-ring (bicyclic) bond motifs is 7. The molecule has 2 aromatic carbocycles. The van der Waals surface area contributed by atoms with E-state index in [9.17, 15) is 18.0 Å². The Morgan fingerprint density at radius 3 is 2.31 bits per heavy atom. The van der Waals surface area contributed by atoms with Gasteiger partial charge in [-0.2, -0.15) is 5.10 Å². The second-order valence-electron chi connectivity index (χ2n) is 16.8. The van der Waals surface area contributed by atoms with Crippen LogP contribution in [0.15, 0.2) is 42.6 Å². The number of nitrogens with one attached hydrogen (secondary N) is 1. The maximum absolute atomic E-state index is 14.7. The maximum Gasteiger partial charge on any atom is 0.264 e. The Morgan fingerprint density at radius 2 is 1.64 bits per heavy atom. The summed E-state index contributed by atoms with van der Waals surface area (Å²) in [7, 11) is 0.0383. The van der Waals surface area contributed by atoms with Crippen LogP contribution in [0.25, 0.3) is 33.8 Å². The predicted molar refractivity (Wildman–Crippen MR) is 215 cm³/mol. The lowest BCUT2D eigenvalue weighted by Crippen LogP contribution is -2.53. The van der Waals surface area contributed by atoms with Crippen LogP contribution in [0.3, 0.4) is 0 Å². The number of allylic oxidation sites excluding steroid dienone is 1. The highest BCUT2D eigenvalue weighted by molar-refractivity contribution is 7.90. The van der Waals surface area contributed by atoms with Crippen molar-refractivity contribution in [3.05, 3.63) is 70.5 Å². The summed E-state index contributed by atoms with van der Waals surface area (Å²) in [5.41, 5.74) is 8.09. The zero-order valence-corrected chi connectivity index (χ0v) is 33.2. The Balaban J connectivity index is 1.24. The van der Waals surface area contributed by atoms with Crippen LogP contribution >= 0.6 is 0 Å². The van der Waals surface area contributed by atoms with E-state index in [0.29, 0.717) is 43.2 Å². The number of carbonyl (C=O) groups excluding carboxylic acids is 2. The highest BCUT2D eigenvalue weighted by Crippen LogP contribution is 2.48. The van der Waals surface area contributed by atoms with Gasteiger partial charge in [-0.1, -0.05) is 25.3 Å². The normalized spacial score (nSPS) is 21.9. The first-order valence-corrected chi connectivity index (χ1v) is 21.8. The standard InChI is InChI=1S/C43H52N6O5S/c1-26(2)55(52,53)45-42(50)28-13-17-36-38(21-28)48-23-30(19-29-20-34(54-4)16-18-35(29)41(48)39(36)27-9-6-5-7-10-27)40-37(22-44-49(40)31-11-8-12-31)43(51)47-24-32-14-15-33(25-47)46(32)3/h13,16-22,26-27,31-33H,5-12,14-15,23-25H2,1-4H3,(H,45,50). The van der Waals surface area contributed by atoms with Gasteiger partial charge in [0, 0.05) is 47.2 Å². The molecule has 2 bridgehead atoms. The van der Waals surface area contributed by atoms with Crippen molar-refractivity contribution in [2.45, 2.75) is 114 Å². The molecule has 5 heterocycles. The summed E-state index contributed by atoms with van der Waals surface area (Å²) in [6.07, 6.45) is 15.1. The maximum atomic E-state index is 14.7. The molecule has 9 rings (SSSR count). The van der Waals surface area contributed by atoms with Crippen molar-refractivity contribution in [3.8, 4) is 17.0 Å². The molecule has 3 aliphatic heterocycles. The minimum absolute atomic E-state index is 0.0346. The van der Waals surface area contributed by atoms with Gasteiger partial charge in [0.05, 0.1) is 48.1 Å². The summed E-state index contributed by atoms with van der Waals surface area (Å²) in [6.45, 7) is 4.99. The van der Waals surface area contributed by atoms with Gasteiger partial charge in [-0.25, -0.2) is 13.1 Å². The monoisotopic (exact) mass is 764 g/mol. The molecule has 2 saturated heterocycles. The van der Waals surface area contributed by atoms with E-state index in [0.717, 1.165) is 103 Å². The molecule has 4 aromatic rings. The highest BCUT2D eigenvalue weighted by Gasteiger charge is 2.41. The number of methoxy groups -OCH3 is 1. The smallest absolute Gasteiger partial charge is 0.264 e. The van der Waals surface area contributed by atoms with Gasteiger partial charge in [-0.05, 0) is 125 Å². The number of likely N-dealkylation sites (N-methyl/N-ethyl adjacent to an activating group) is 1. The molecule has 2 unspecified atom stereocenters. The van der Waals surface area contributed by atoms with E-state index in [4.69, 9.17) is 9.84 Å². The average molecular weight is 765 g/mol. The summed E-state index contributed by atoms with van der Waals surface area (Å²) in [4.78, 5) is 32.8. The van der Waals surface area contributed by atoms with Crippen LogP contribution < -0.4 is 9.46 Å². The number of amides is 2. The van der Waals surface area contributed by atoms with Crippen LogP contribution in [0.5, 0.6) is 5.75 Å². The Bertz CT molecular complexity index is 2320. The zero-order valence-electron chi connectivity index (χ0n) is 32.4. The number of aromatic nitrogens is 3. The molecule has 12 heteroatoms. The first-order chi connectivity index (χ1) is 26.5. The second kappa shape index (κ2) is 14.0. The number of carbonyl (C=O) groups is 2. The van der Waals surface area contributed by atoms with Gasteiger partial charge in [-0.15, -0.1) is 0 Å². The van der Waals surface area contributed by atoms with Gasteiger partial charge in [0.15, 0.2) is 0 Å². The van der Waals surface area contributed by atoms with Crippen molar-refractivity contribution < 1.29 is 22.7 Å². The summed E-state index contributed by atoms with van der Waals surface area (Å²) >= 11 is 0. The van der Waals surface area contributed by atoms with Crippen molar-refractivity contribution in [1.29, 1.82) is 0 Å². The van der Waals surface area contributed by atoms with Gasteiger partial charge in [0.1, 0.15) is 5.75 Å². The fourth-order valence-electron chi connectivity index (χ4n) is 9.83. The predicted octanol–water partition coefficient (Wildman–Crippen LogP) is 7.23. The molecule has 4 fully saturated rings. The molecule has 2 atom stereocenters. The second-order valence-corrected chi connectivity index (χ2v) is 19.0. The van der Waals surface area contributed by atoms with E-state index in [1.165, 1.54) is 12.0 Å². The number of sulfonamides is 1. The molecular weight excluding hydrogens is 713 g/mol. The topological polar surface area (TPSA) is 119 Å². The molecule has 11 nitrogen and oxygen atoms in total. The van der Waals surface area contributed by atoms with E-state index < -0.39 is 21.2 Å². The summed E-state index contributed by atoms with van der Waals surface area (Å²) in [5, 5.41) is 5.30. The quantitative estimate of drug-likeness (QED) is 0.201. The van der Waals surface area contributed by atoms with E-state index in [1.54, 1.807) is 33.2 Å². The zero-order chi connectivity index (χ0) is 38.2. The Hall–Kier alpha value is -4.42. The van der Waals surface area contributed by atoms with Crippen molar-refractivity contribution in [2.24, 2.45) is 0 Å². The number of nitrogens with zero attached hydrogens (tertiary/aromatic N) is 5. The average Bonchev–Trinajstić information content (AvgIpc) is 3.72. The number of benzene rings is 2. The third-order valence-corrected chi connectivity index (χ3v) is 15.0. The van der Waals surface area contributed by atoms with E-state index >= 15 is 0 Å². The summed E-state index contributed by atoms with van der Waals surface area (Å²) in [5.74, 6) is 0.472. The Kier molecular flexibility index (Phi) is 9.19. The molecule has 55 heavy (non-hydrogen) atoms. The molecule has 0 spiro atoms. The molecule has 2 saturated carbocycles. The van der Waals surface area contributed by atoms with Crippen molar-refractivity contribution in [2.75, 3.05) is 27.2 Å². The number of hydrogen-bond acceptors (Lipinski definition) is 7. The van der Waals surface area contributed by atoms with E-state index in [-0.39, 0.29) is 17.5 Å². The minimum atomic E-state index is -3.83. The van der Waals surface area contributed by atoms with Crippen LogP contribution in [-0.4, -0.2) is 89.0 Å². The molecule has 290 valence electrons. The third-order valence-electron chi connectivity index (χ3n) is 13.3. The van der Waals surface area contributed by atoms with Crippen LogP contribution in [0.1, 0.15) is 128 Å². The molecule has 2 amide bonds. The van der Waals surface area contributed by atoms with E-state index in [2.05, 4.69) is 49.0 Å². The van der Waals surface area contributed by atoms with Gasteiger partial charge >= 0.3 is 0 Å². The minimum Gasteiger partial charge on any atom is -0.497 e. The van der Waals surface area contributed by atoms with Crippen LogP contribution in [0.4, 0.5) is 0 Å². The summed E-state index contributed by atoms with van der Waals surface area (Å²) < 4.78 is 38.1. The molecule has 2 aliphatic carbocycles. The number of rotatable bonds is 8. The first-order valence-electron chi connectivity index (χ1n) is 20.2. The molecule has 1 N–H and O–H groups in total. The van der Waals surface area contributed by atoms with Gasteiger partial charge < -0.3 is 14.2 Å². The third kappa shape index (κ3) is 6.20. The van der Waals surface area contributed by atoms with Crippen LogP contribution in [-0.2, 0) is 16.6 Å². The fraction of sp³-hybridized carbons (Fsp3) is 0.512. The first kappa shape index (κ1) is 36.2. The SMILES string of the molecule is COc1ccc2c(c1)C=C(c1c(C(=O)N3CC4CCC(C3)N4C)cnn1C1CCC1)Cn1c-2c(C2CCCCC2)c2ccc(C(=O)NS(=O)(=O)C(C)C)cc21. The lowest BCUT2D eigenvalue weighted by Gasteiger charge is -2.39. The number of likely N-dealkylation sites (tertiary alicyclic amines) is 1. The van der Waals surface area contributed by atoms with Crippen LogP contribution in [0, 0.1) is 0 Å². The highest BCUT2D eigenvalue weighted by atomic mass is 32.2. The van der Waals surface area contributed by atoms with Crippen molar-refractivity contribution >= 4 is 44.4 Å².